The minimum absolute atomic E-state index is 0.0517. The Kier molecular flexibility index (Phi) is 8.34. The van der Waals surface area contributed by atoms with Crippen LogP contribution in [0.5, 0.6) is 0 Å². The van der Waals surface area contributed by atoms with E-state index in [-0.39, 0.29) is 37.8 Å². The smallest absolute Gasteiger partial charge is 0.334 e. The molecule has 0 saturated carbocycles. The summed E-state index contributed by atoms with van der Waals surface area (Å²) in [6.07, 6.45) is 2.35. The lowest BCUT2D eigenvalue weighted by atomic mass is 10.1. The Bertz CT molecular complexity index is 464. The highest BCUT2D eigenvalue weighted by molar-refractivity contribution is 6.01. The number of nitrogens with one attached hydrogen (secondary N) is 1. The van der Waals surface area contributed by atoms with Crippen LogP contribution in [0.2, 0.25) is 0 Å². The number of hydroxylamine groups is 2. The van der Waals surface area contributed by atoms with E-state index in [0.717, 1.165) is 12.8 Å². The minimum Gasteiger partial charge on any atom is -0.354 e. The molecule has 0 spiro atoms. The van der Waals surface area contributed by atoms with E-state index in [1.54, 1.807) is 0 Å². The zero-order valence-electron chi connectivity index (χ0n) is 14.2. The Hall–Kier alpha value is -2.00. The molecule has 24 heavy (non-hydrogen) atoms. The second-order valence-corrected chi connectivity index (χ2v) is 5.85. The maximum atomic E-state index is 12.2. The van der Waals surface area contributed by atoms with Gasteiger partial charge >= 0.3 is 5.97 Å². The van der Waals surface area contributed by atoms with E-state index in [2.05, 4.69) is 5.32 Å². The summed E-state index contributed by atoms with van der Waals surface area (Å²) in [7, 11) is 3.62. The summed E-state index contributed by atoms with van der Waals surface area (Å²) in [5.74, 6) is -1.96. The monoisotopic (exact) mass is 342 g/mol. The number of carbonyl (C=O) groups excluding carboxylic acids is 4. The summed E-state index contributed by atoms with van der Waals surface area (Å²) in [6, 6.07) is -0.297. The van der Waals surface area contributed by atoms with Crippen molar-refractivity contribution in [2.24, 2.45) is 5.73 Å². The number of nitrogens with zero attached hydrogens (tertiary/aromatic N) is 2. The molecule has 1 atom stereocenters. The number of imide groups is 1. The normalized spacial score (nSPS) is 15.8. The van der Waals surface area contributed by atoms with E-state index in [1.165, 1.54) is 0 Å². The van der Waals surface area contributed by atoms with Crippen LogP contribution in [-0.4, -0.2) is 66.9 Å². The molecule has 1 fully saturated rings. The molecule has 1 rings (SSSR count). The predicted molar refractivity (Wildman–Crippen MR) is 85.2 cm³/mol. The Balaban J connectivity index is 2.33. The van der Waals surface area contributed by atoms with Crippen LogP contribution in [0.1, 0.15) is 38.5 Å². The molecular weight excluding hydrogens is 316 g/mol. The van der Waals surface area contributed by atoms with Crippen molar-refractivity contribution >= 4 is 23.7 Å². The van der Waals surface area contributed by atoms with Gasteiger partial charge in [-0.3, -0.25) is 19.3 Å². The molecule has 9 heteroatoms. The molecule has 0 aliphatic carbocycles. The first-order valence-electron chi connectivity index (χ1n) is 8.07. The van der Waals surface area contributed by atoms with Crippen molar-refractivity contribution in [3.05, 3.63) is 0 Å². The van der Waals surface area contributed by atoms with E-state index >= 15 is 0 Å². The van der Waals surface area contributed by atoms with Crippen LogP contribution < -0.4 is 11.1 Å². The van der Waals surface area contributed by atoms with Gasteiger partial charge in [-0.05, 0) is 33.5 Å². The lowest BCUT2D eigenvalue weighted by Gasteiger charge is -2.23. The minimum atomic E-state index is -0.733. The third kappa shape index (κ3) is 6.25. The Labute approximate surface area is 141 Å². The van der Waals surface area contributed by atoms with Crippen LogP contribution in [0.4, 0.5) is 0 Å². The van der Waals surface area contributed by atoms with Gasteiger partial charge in [0, 0.05) is 19.4 Å². The standard InChI is InChI=1S/C15H26N4O5/c1-18(2)11(5-3-4-9-16)15(23)17-10-8-14(22)24-19-12(20)6-7-13(19)21/h11H,3-10,16H2,1-2H3,(H,17,23). The van der Waals surface area contributed by atoms with E-state index in [1.807, 2.05) is 19.0 Å². The number of rotatable bonds is 10. The molecule has 3 N–H and O–H groups in total. The van der Waals surface area contributed by atoms with Gasteiger partial charge in [0.25, 0.3) is 11.8 Å². The molecule has 9 nitrogen and oxygen atoms in total. The van der Waals surface area contributed by atoms with Crippen LogP contribution in [0.3, 0.4) is 0 Å². The van der Waals surface area contributed by atoms with Crippen molar-refractivity contribution in [1.82, 2.24) is 15.3 Å². The van der Waals surface area contributed by atoms with Gasteiger partial charge in [0.15, 0.2) is 0 Å². The Morgan fingerprint density at radius 2 is 1.88 bits per heavy atom. The molecule has 1 saturated heterocycles. The lowest BCUT2D eigenvalue weighted by molar-refractivity contribution is -0.197. The first-order chi connectivity index (χ1) is 11.4. The van der Waals surface area contributed by atoms with Crippen molar-refractivity contribution in [3.8, 4) is 0 Å². The Morgan fingerprint density at radius 1 is 1.25 bits per heavy atom. The predicted octanol–water partition coefficient (Wildman–Crippen LogP) is -0.841. The number of hydrogen-bond donors (Lipinski definition) is 2. The summed E-state index contributed by atoms with van der Waals surface area (Å²) in [6.45, 7) is 0.663. The molecular formula is C15H26N4O5. The number of amides is 3. The fourth-order valence-electron chi connectivity index (χ4n) is 2.32. The van der Waals surface area contributed by atoms with E-state index < -0.39 is 17.8 Å². The van der Waals surface area contributed by atoms with Gasteiger partial charge in [-0.15, -0.1) is 5.06 Å². The van der Waals surface area contributed by atoms with E-state index in [0.29, 0.717) is 18.0 Å². The number of hydrogen-bond acceptors (Lipinski definition) is 7. The second kappa shape index (κ2) is 9.99. The van der Waals surface area contributed by atoms with Crippen molar-refractivity contribution in [1.29, 1.82) is 0 Å². The Morgan fingerprint density at radius 3 is 2.42 bits per heavy atom. The number of likely N-dealkylation sites (N-methyl/N-ethyl adjacent to an activating group) is 1. The fourth-order valence-corrected chi connectivity index (χ4v) is 2.32. The first-order valence-corrected chi connectivity index (χ1v) is 8.07. The van der Waals surface area contributed by atoms with Crippen LogP contribution in [0.15, 0.2) is 0 Å². The molecule has 0 aromatic rings. The van der Waals surface area contributed by atoms with Gasteiger partial charge < -0.3 is 15.9 Å². The van der Waals surface area contributed by atoms with E-state index in [4.69, 9.17) is 10.6 Å². The summed E-state index contributed by atoms with van der Waals surface area (Å²) >= 11 is 0. The maximum Gasteiger partial charge on any atom is 0.334 e. The van der Waals surface area contributed by atoms with Gasteiger partial charge in [-0.2, -0.15) is 0 Å². The third-order valence-corrected chi connectivity index (χ3v) is 3.68. The summed E-state index contributed by atoms with van der Waals surface area (Å²) < 4.78 is 0. The second-order valence-electron chi connectivity index (χ2n) is 5.85. The van der Waals surface area contributed by atoms with Gasteiger partial charge in [0.1, 0.15) is 0 Å². The first kappa shape index (κ1) is 20.0. The molecule has 0 aromatic carbocycles. The summed E-state index contributed by atoms with van der Waals surface area (Å²) in [5, 5.41) is 3.17. The third-order valence-electron chi connectivity index (χ3n) is 3.68. The highest BCUT2D eigenvalue weighted by Crippen LogP contribution is 2.12. The maximum absolute atomic E-state index is 12.2. The average Bonchev–Trinajstić information content (AvgIpc) is 2.83. The van der Waals surface area contributed by atoms with Crippen molar-refractivity contribution in [3.63, 3.8) is 0 Å². The number of unbranched alkanes of at least 4 members (excludes halogenated alkanes) is 1. The van der Waals surface area contributed by atoms with Crippen LogP contribution in [0, 0.1) is 0 Å². The lowest BCUT2D eigenvalue weighted by Crippen LogP contribution is -2.44. The molecule has 3 amide bonds. The van der Waals surface area contributed by atoms with Crippen LogP contribution in [-0.2, 0) is 24.0 Å². The van der Waals surface area contributed by atoms with Gasteiger partial charge in [-0.1, -0.05) is 6.42 Å². The van der Waals surface area contributed by atoms with Crippen LogP contribution >= 0.6 is 0 Å². The SMILES string of the molecule is CN(C)C(CCCCN)C(=O)NCCC(=O)ON1C(=O)CCC1=O. The average molecular weight is 342 g/mol. The highest BCUT2D eigenvalue weighted by Gasteiger charge is 2.32. The van der Waals surface area contributed by atoms with Crippen molar-refractivity contribution in [2.45, 2.75) is 44.6 Å². The topological polar surface area (TPSA) is 122 Å². The fraction of sp³-hybridized carbons (Fsp3) is 0.733. The van der Waals surface area contributed by atoms with Crippen molar-refractivity contribution in [2.75, 3.05) is 27.2 Å². The largest absolute Gasteiger partial charge is 0.354 e. The molecule has 0 radical (unpaired) electrons. The zero-order chi connectivity index (χ0) is 18.1. The van der Waals surface area contributed by atoms with Gasteiger partial charge in [0.2, 0.25) is 5.91 Å². The van der Waals surface area contributed by atoms with Gasteiger partial charge in [0.05, 0.1) is 12.5 Å². The molecule has 1 unspecified atom stereocenters. The molecule has 1 aliphatic rings. The molecule has 1 heterocycles. The molecule has 0 aromatic heterocycles. The van der Waals surface area contributed by atoms with Gasteiger partial charge in [-0.25, -0.2) is 4.79 Å². The molecule has 0 bridgehead atoms. The van der Waals surface area contributed by atoms with Crippen LogP contribution in [0.25, 0.3) is 0 Å². The van der Waals surface area contributed by atoms with Crippen molar-refractivity contribution < 1.29 is 24.0 Å². The highest BCUT2D eigenvalue weighted by atomic mass is 16.7. The molecule has 136 valence electrons. The summed E-state index contributed by atoms with van der Waals surface area (Å²) in [4.78, 5) is 53.0. The zero-order valence-corrected chi connectivity index (χ0v) is 14.2. The summed E-state index contributed by atoms with van der Waals surface area (Å²) in [5.41, 5.74) is 5.45. The molecule has 1 aliphatic heterocycles. The number of carbonyl (C=O) groups is 4. The number of nitrogens with two attached hydrogens (primary N) is 1. The quantitative estimate of drug-likeness (QED) is 0.392. The van der Waals surface area contributed by atoms with E-state index in [9.17, 15) is 19.2 Å².